The maximum Gasteiger partial charge on any atom is 0.0290 e. The normalized spacial score (nSPS) is 13.1. The van der Waals surface area contributed by atoms with Crippen molar-refractivity contribution in [3.8, 4) is 0 Å². The molecule has 0 bridgehead atoms. The lowest BCUT2D eigenvalue weighted by atomic mass is 10.2. The molecule has 1 heterocycles. The summed E-state index contributed by atoms with van der Waals surface area (Å²) >= 11 is 1.82. The van der Waals surface area contributed by atoms with Crippen molar-refractivity contribution < 1.29 is 0 Å². The predicted octanol–water partition coefficient (Wildman–Crippen LogP) is 0.475. The maximum atomic E-state index is 5.68. The molecule has 0 saturated carbocycles. The average molecular weight is 213 g/mol. The molecule has 0 aliphatic rings. The highest BCUT2D eigenvalue weighted by Gasteiger charge is 2.00. The summed E-state index contributed by atoms with van der Waals surface area (Å²) in [6.07, 6.45) is 1.08. The fourth-order valence-electron chi connectivity index (χ4n) is 1.23. The Morgan fingerprint density at radius 2 is 2.36 bits per heavy atom. The van der Waals surface area contributed by atoms with Crippen LogP contribution in [0.3, 0.4) is 0 Å². The zero-order valence-electron chi connectivity index (χ0n) is 8.62. The fraction of sp³-hybridized carbons (Fsp3) is 0.600. The predicted molar refractivity (Wildman–Crippen MR) is 62.7 cm³/mol. The summed E-state index contributed by atoms with van der Waals surface area (Å²) in [6, 6.07) is 2.24. The molecule has 1 atom stereocenters. The van der Waals surface area contributed by atoms with E-state index in [-0.39, 0.29) is 6.04 Å². The lowest BCUT2D eigenvalue weighted by Crippen LogP contribution is -2.40. The van der Waals surface area contributed by atoms with Crippen molar-refractivity contribution in [2.24, 2.45) is 11.5 Å². The third kappa shape index (κ3) is 3.75. The van der Waals surface area contributed by atoms with Gasteiger partial charge < -0.3 is 16.8 Å². The molecule has 1 rings (SSSR count). The Hall–Kier alpha value is -0.420. The van der Waals surface area contributed by atoms with E-state index in [4.69, 9.17) is 11.5 Å². The van der Waals surface area contributed by atoms with Crippen LogP contribution in [0.1, 0.15) is 10.4 Å². The molecule has 0 radical (unpaired) electrons. The molecule has 0 saturated heterocycles. The van der Waals surface area contributed by atoms with Crippen LogP contribution in [0.5, 0.6) is 0 Å². The smallest absolute Gasteiger partial charge is 0.0290 e. The first-order valence-electron chi connectivity index (χ1n) is 4.93. The molecule has 4 heteroatoms. The van der Waals surface area contributed by atoms with Gasteiger partial charge in [-0.1, -0.05) is 0 Å². The van der Waals surface area contributed by atoms with Crippen molar-refractivity contribution in [3.63, 3.8) is 0 Å². The summed E-state index contributed by atoms with van der Waals surface area (Å²) in [4.78, 5) is 1.46. The van der Waals surface area contributed by atoms with Crippen molar-refractivity contribution in [2.75, 3.05) is 19.6 Å². The van der Waals surface area contributed by atoms with E-state index in [0.29, 0.717) is 6.54 Å². The van der Waals surface area contributed by atoms with E-state index in [0.717, 1.165) is 19.5 Å². The van der Waals surface area contributed by atoms with Crippen LogP contribution in [0.25, 0.3) is 0 Å². The van der Waals surface area contributed by atoms with Gasteiger partial charge in [0.1, 0.15) is 0 Å². The summed E-state index contributed by atoms with van der Waals surface area (Å²) in [5, 5.41) is 5.44. The minimum atomic E-state index is 0.0828. The van der Waals surface area contributed by atoms with Crippen LogP contribution in [-0.2, 0) is 6.42 Å². The summed E-state index contributed by atoms with van der Waals surface area (Å²) in [5.74, 6) is 0. The minimum Gasteiger partial charge on any atom is -0.329 e. The van der Waals surface area contributed by atoms with Crippen LogP contribution < -0.4 is 16.8 Å². The largest absolute Gasteiger partial charge is 0.329 e. The number of hydrogen-bond acceptors (Lipinski definition) is 4. The number of thiophene rings is 1. The van der Waals surface area contributed by atoms with E-state index in [1.54, 1.807) is 0 Å². The summed E-state index contributed by atoms with van der Waals surface area (Å²) < 4.78 is 0. The number of rotatable bonds is 6. The molecular formula is C10H19N3S. The number of nitrogens with one attached hydrogen (secondary N) is 1. The zero-order valence-corrected chi connectivity index (χ0v) is 9.44. The van der Waals surface area contributed by atoms with E-state index in [2.05, 4.69) is 23.7 Å². The van der Waals surface area contributed by atoms with Crippen LogP contribution in [0.2, 0.25) is 0 Å². The maximum absolute atomic E-state index is 5.68. The first kappa shape index (κ1) is 11.7. The van der Waals surface area contributed by atoms with Gasteiger partial charge in [0, 0.05) is 30.6 Å². The fourth-order valence-corrected chi connectivity index (χ4v) is 2.14. The number of nitrogens with two attached hydrogens (primary N) is 2. The molecule has 3 nitrogen and oxygen atoms in total. The van der Waals surface area contributed by atoms with Crippen molar-refractivity contribution in [1.29, 1.82) is 0 Å². The SMILES string of the molecule is Cc1ccsc1CCNCC(N)CN. The lowest BCUT2D eigenvalue weighted by molar-refractivity contribution is 0.584. The van der Waals surface area contributed by atoms with Crippen LogP contribution in [0.4, 0.5) is 0 Å². The van der Waals surface area contributed by atoms with Gasteiger partial charge in [0.15, 0.2) is 0 Å². The van der Waals surface area contributed by atoms with Crippen molar-refractivity contribution >= 4 is 11.3 Å². The Morgan fingerprint density at radius 3 is 2.93 bits per heavy atom. The minimum absolute atomic E-state index is 0.0828. The topological polar surface area (TPSA) is 64.1 Å². The van der Waals surface area contributed by atoms with E-state index >= 15 is 0 Å². The highest BCUT2D eigenvalue weighted by Crippen LogP contribution is 2.15. The van der Waals surface area contributed by atoms with Crippen molar-refractivity contribution in [1.82, 2.24) is 5.32 Å². The zero-order chi connectivity index (χ0) is 10.4. The van der Waals surface area contributed by atoms with Crippen LogP contribution in [0.15, 0.2) is 11.4 Å². The van der Waals surface area contributed by atoms with Crippen molar-refractivity contribution in [2.45, 2.75) is 19.4 Å². The molecule has 1 aromatic heterocycles. The monoisotopic (exact) mass is 213 g/mol. The van der Waals surface area contributed by atoms with Gasteiger partial charge in [-0.2, -0.15) is 0 Å². The Balaban J connectivity index is 2.13. The molecule has 0 fully saturated rings. The van der Waals surface area contributed by atoms with Crippen LogP contribution >= 0.6 is 11.3 Å². The molecule has 0 aliphatic heterocycles. The summed E-state index contributed by atoms with van der Waals surface area (Å²) in [6.45, 7) is 4.48. The van der Waals surface area contributed by atoms with Gasteiger partial charge in [0.2, 0.25) is 0 Å². The second-order valence-corrected chi connectivity index (χ2v) is 4.48. The van der Waals surface area contributed by atoms with E-state index in [1.807, 2.05) is 11.3 Å². The first-order chi connectivity index (χ1) is 6.74. The van der Waals surface area contributed by atoms with E-state index < -0.39 is 0 Å². The molecule has 80 valence electrons. The van der Waals surface area contributed by atoms with Gasteiger partial charge in [-0.05, 0) is 30.4 Å². The molecule has 5 N–H and O–H groups in total. The molecular weight excluding hydrogens is 194 g/mol. The van der Waals surface area contributed by atoms with Gasteiger partial charge in [-0.3, -0.25) is 0 Å². The van der Waals surface area contributed by atoms with Gasteiger partial charge in [0.05, 0.1) is 0 Å². The average Bonchev–Trinajstić information content (AvgIpc) is 2.58. The molecule has 14 heavy (non-hydrogen) atoms. The Kier molecular flexibility index (Phi) is 5.11. The quantitative estimate of drug-likeness (QED) is 0.602. The lowest BCUT2D eigenvalue weighted by Gasteiger charge is -2.09. The second-order valence-electron chi connectivity index (χ2n) is 3.48. The molecule has 1 aromatic rings. The Bertz CT molecular complexity index is 260. The molecule has 0 aromatic carbocycles. The third-order valence-electron chi connectivity index (χ3n) is 2.21. The first-order valence-corrected chi connectivity index (χ1v) is 5.81. The number of aryl methyl sites for hydroxylation is 1. The van der Waals surface area contributed by atoms with E-state index in [9.17, 15) is 0 Å². The second kappa shape index (κ2) is 6.14. The van der Waals surface area contributed by atoms with Gasteiger partial charge in [0.25, 0.3) is 0 Å². The molecule has 0 aliphatic carbocycles. The molecule has 1 unspecified atom stereocenters. The molecule has 0 amide bonds. The Morgan fingerprint density at radius 1 is 1.57 bits per heavy atom. The van der Waals surface area contributed by atoms with Crippen LogP contribution in [-0.4, -0.2) is 25.7 Å². The van der Waals surface area contributed by atoms with Crippen molar-refractivity contribution in [3.05, 3.63) is 21.9 Å². The summed E-state index contributed by atoms with van der Waals surface area (Å²) in [7, 11) is 0. The highest BCUT2D eigenvalue weighted by atomic mass is 32.1. The van der Waals surface area contributed by atoms with Gasteiger partial charge >= 0.3 is 0 Å². The molecule has 0 spiro atoms. The Labute approximate surface area is 89.5 Å². The number of hydrogen-bond donors (Lipinski definition) is 3. The van der Waals surface area contributed by atoms with Crippen LogP contribution in [0, 0.1) is 6.92 Å². The highest BCUT2D eigenvalue weighted by molar-refractivity contribution is 7.10. The summed E-state index contributed by atoms with van der Waals surface area (Å²) in [5.41, 5.74) is 12.5. The van der Waals surface area contributed by atoms with E-state index in [1.165, 1.54) is 10.4 Å². The standard InChI is InChI=1S/C10H19N3S/c1-8-3-5-14-10(8)2-4-13-7-9(12)6-11/h3,5,9,13H,2,4,6-7,11-12H2,1H3. The van der Waals surface area contributed by atoms with Gasteiger partial charge in [-0.15, -0.1) is 11.3 Å². The van der Waals surface area contributed by atoms with Gasteiger partial charge in [-0.25, -0.2) is 0 Å². The third-order valence-corrected chi connectivity index (χ3v) is 3.29.